The van der Waals surface area contributed by atoms with E-state index in [1.54, 1.807) is 14.2 Å². The van der Waals surface area contributed by atoms with Crippen molar-refractivity contribution in [3.05, 3.63) is 27.7 Å². The fourth-order valence-corrected chi connectivity index (χ4v) is 2.99. The molecule has 0 amide bonds. The van der Waals surface area contributed by atoms with Gasteiger partial charge in [-0.2, -0.15) is 0 Å². The summed E-state index contributed by atoms with van der Waals surface area (Å²) in [5, 5.41) is 10.5. The quantitative estimate of drug-likeness (QED) is 0.894. The Morgan fingerprint density at radius 2 is 2.05 bits per heavy atom. The molecule has 1 aromatic carbocycles. The summed E-state index contributed by atoms with van der Waals surface area (Å²) < 4.78 is 11.9. The number of hydrogen-bond donors (Lipinski definition) is 1. The third-order valence-electron chi connectivity index (χ3n) is 4.13. The molecule has 1 aliphatic carbocycles. The average Bonchev–Trinajstić information content (AvgIpc) is 2.36. The average molecular weight is 329 g/mol. The molecule has 3 nitrogen and oxygen atoms in total. The summed E-state index contributed by atoms with van der Waals surface area (Å²) in [5.41, 5.74) is 1.77. The van der Waals surface area contributed by atoms with Crippen molar-refractivity contribution in [2.75, 3.05) is 14.2 Å². The van der Waals surface area contributed by atoms with E-state index in [2.05, 4.69) is 15.9 Å². The summed E-state index contributed by atoms with van der Waals surface area (Å²) >= 11 is 3.51. The third-order valence-corrected chi connectivity index (χ3v) is 4.99. The Morgan fingerprint density at radius 3 is 2.53 bits per heavy atom. The first-order valence-corrected chi connectivity index (χ1v) is 7.38. The molecule has 1 fully saturated rings. The Balaban J connectivity index is 2.23. The van der Waals surface area contributed by atoms with Gasteiger partial charge in [-0.05, 0) is 43.9 Å². The minimum Gasteiger partial charge on any atom is -0.496 e. The molecule has 106 valence electrons. The van der Waals surface area contributed by atoms with Crippen LogP contribution in [0.4, 0.5) is 0 Å². The number of halogens is 1. The number of benzene rings is 1. The van der Waals surface area contributed by atoms with Crippen molar-refractivity contribution in [2.24, 2.45) is 0 Å². The molecule has 1 aliphatic rings. The lowest BCUT2D eigenvalue weighted by molar-refractivity contribution is -0.100. The molecule has 0 aliphatic heterocycles. The lowest BCUT2D eigenvalue weighted by atomic mass is 9.75. The van der Waals surface area contributed by atoms with Gasteiger partial charge in [0.15, 0.2) is 0 Å². The largest absolute Gasteiger partial charge is 0.496 e. The smallest absolute Gasteiger partial charge is 0.125 e. The number of rotatable bonds is 5. The van der Waals surface area contributed by atoms with Gasteiger partial charge in [0.25, 0.3) is 0 Å². The van der Waals surface area contributed by atoms with Gasteiger partial charge in [-0.15, -0.1) is 0 Å². The van der Waals surface area contributed by atoms with Crippen molar-refractivity contribution in [3.63, 3.8) is 0 Å². The highest BCUT2D eigenvalue weighted by Crippen LogP contribution is 2.43. The van der Waals surface area contributed by atoms with E-state index in [0.717, 1.165) is 34.2 Å². The molecule has 0 heterocycles. The second-order valence-corrected chi connectivity index (χ2v) is 6.16. The van der Waals surface area contributed by atoms with Gasteiger partial charge in [-0.3, -0.25) is 0 Å². The van der Waals surface area contributed by atoms with Crippen LogP contribution in [-0.2, 0) is 4.74 Å². The Kier molecular flexibility index (Phi) is 4.54. The second-order valence-electron chi connectivity index (χ2n) is 5.30. The lowest BCUT2D eigenvalue weighted by Crippen LogP contribution is -2.40. The maximum atomic E-state index is 10.5. The molecule has 0 spiro atoms. The SMILES string of the molecule is COc1cc(C)c(Br)cc1C(O)CC1(OC)CCC1. The highest BCUT2D eigenvalue weighted by Gasteiger charge is 2.39. The van der Waals surface area contributed by atoms with Crippen molar-refractivity contribution in [1.82, 2.24) is 0 Å². The topological polar surface area (TPSA) is 38.7 Å². The molecule has 0 radical (unpaired) electrons. The van der Waals surface area contributed by atoms with Crippen molar-refractivity contribution < 1.29 is 14.6 Å². The van der Waals surface area contributed by atoms with Crippen LogP contribution in [0.5, 0.6) is 5.75 Å². The van der Waals surface area contributed by atoms with E-state index < -0.39 is 6.10 Å². The molecular weight excluding hydrogens is 308 g/mol. The van der Waals surface area contributed by atoms with E-state index in [1.165, 1.54) is 6.42 Å². The molecule has 1 saturated carbocycles. The number of methoxy groups -OCH3 is 2. The number of aryl methyl sites for hydroxylation is 1. The van der Waals surface area contributed by atoms with Crippen LogP contribution < -0.4 is 4.74 Å². The Labute approximate surface area is 123 Å². The molecule has 0 saturated heterocycles. The summed E-state index contributed by atoms with van der Waals surface area (Å²) in [6.45, 7) is 2.01. The Hall–Kier alpha value is -0.580. The number of hydrogen-bond acceptors (Lipinski definition) is 3. The molecule has 0 aromatic heterocycles. The molecule has 1 aromatic rings. The Bertz CT molecular complexity index is 449. The molecular formula is C15H21BrO3. The molecule has 1 atom stereocenters. The fraction of sp³-hybridized carbons (Fsp3) is 0.600. The van der Waals surface area contributed by atoms with Gasteiger partial charge >= 0.3 is 0 Å². The first-order chi connectivity index (χ1) is 9.01. The van der Waals surface area contributed by atoms with Crippen LogP contribution in [0.2, 0.25) is 0 Å². The summed E-state index contributed by atoms with van der Waals surface area (Å²) in [5.74, 6) is 0.735. The van der Waals surface area contributed by atoms with Crippen molar-refractivity contribution in [3.8, 4) is 5.75 Å². The summed E-state index contributed by atoms with van der Waals surface area (Å²) in [4.78, 5) is 0. The highest BCUT2D eigenvalue weighted by atomic mass is 79.9. The third kappa shape index (κ3) is 2.96. The zero-order valence-electron chi connectivity index (χ0n) is 11.7. The Morgan fingerprint density at radius 1 is 1.37 bits per heavy atom. The minimum atomic E-state index is -0.563. The summed E-state index contributed by atoms with van der Waals surface area (Å²) in [6, 6.07) is 3.89. The second kappa shape index (κ2) is 5.81. The molecule has 19 heavy (non-hydrogen) atoms. The van der Waals surface area contributed by atoms with Gasteiger partial charge in [-0.25, -0.2) is 0 Å². The molecule has 4 heteroatoms. The van der Waals surface area contributed by atoms with Gasteiger partial charge in [0.05, 0.1) is 18.8 Å². The summed E-state index contributed by atoms with van der Waals surface area (Å²) in [6.07, 6.45) is 3.28. The van der Waals surface area contributed by atoms with Gasteiger partial charge in [0.1, 0.15) is 5.75 Å². The van der Waals surface area contributed by atoms with Crippen LogP contribution in [0.15, 0.2) is 16.6 Å². The van der Waals surface area contributed by atoms with Crippen LogP contribution in [-0.4, -0.2) is 24.9 Å². The first kappa shape index (κ1) is 14.8. The molecule has 1 N–H and O–H groups in total. The van der Waals surface area contributed by atoms with Crippen LogP contribution >= 0.6 is 15.9 Å². The van der Waals surface area contributed by atoms with E-state index in [9.17, 15) is 5.11 Å². The number of aliphatic hydroxyl groups is 1. The van der Waals surface area contributed by atoms with Crippen molar-refractivity contribution in [2.45, 2.75) is 44.3 Å². The van der Waals surface area contributed by atoms with Gasteiger partial charge < -0.3 is 14.6 Å². The zero-order valence-corrected chi connectivity index (χ0v) is 13.3. The highest BCUT2D eigenvalue weighted by molar-refractivity contribution is 9.10. The van der Waals surface area contributed by atoms with E-state index in [-0.39, 0.29) is 5.60 Å². The molecule has 0 bridgehead atoms. The van der Waals surface area contributed by atoms with Crippen LogP contribution in [0.1, 0.15) is 42.9 Å². The monoisotopic (exact) mass is 328 g/mol. The van der Waals surface area contributed by atoms with Crippen molar-refractivity contribution in [1.29, 1.82) is 0 Å². The standard InChI is InChI=1S/C15H21BrO3/c1-10-7-14(18-2)11(8-12(10)16)13(17)9-15(19-3)5-4-6-15/h7-8,13,17H,4-6,9H2,1-3H3. The van der Waals surface area contributed by atoms with E-state index in [1.807, 2.05) is 19.1 Å². The molecule has 2 rings (SSSR count). The zero-order chi connectivity index (χ0) is 14.0. The van der Waals surface area contributed by atoms with E-state index >= 15 is 0 Å². The minimum absolute atomic E-state index is 0.151. The first-order valence-electron chi connectivity index (χ1n) is 6.58. The maximum absolute atomic E-state index is 10.5. The fourth-order valence-electron chi connectivity index (χ4n) is 2.63. The van der Waals surface area contributed by atoms with Crippen LogP contribution in [0.25, 0.3) is 0 Å². The van der Waals surface area contributed by atoms with Crippen LogP contribution in [0.3, 0.4) is 0 Å². The van der Waals surface area contributed by atoms with E-state index in [4.69, 9.17) is 9.47 Å². The molecule has 1 unspecified atom stereocenters. The number of aliphatic hydroxyl groups excluding tert-OH is 1. The normalized spacial score (nSPS) is 18.8. The van der Waals surface area contributed by atoms with Crippen LogP contribution in [0, 0.1) is 6.92 Å². The summed E-state index contributed by atoms with van der Waals surface area (Å²) in [7, 11) is 3.36. The van der Waals surface area contributed by atoms with Gasteiger partial charge in [0.2, 0.25) is 0 Å². The number of ether oxygens (including phenoxy) is 2. The van der Waals surface area contributed by atoms with Crippen molar-refractivity contribution >= 4 is 15.9 Å². The predicted octanol–water partition coefficient (Wildman–Crippen LogP) is 3.76. The van der Waals surface area contributed by atoms with Gasteiger partial charge in [-0.1, -0.05) is 15.9 Å². The predicted molar refractivity (Wildman–Crippen MR) is 78.6 cm³/mol. The maximum Gasteiger partial charge on any atom is 0.125 e. The lowest BCUT2D eigenvalue weighted by Gasteiger charge is -2.42. The van der Waals surface area contributed by atoms with Gasteiger partial charge in [0, 0.05) is 23.6 Å². The van der Waals surface area contributed by atoms with E-state index in [0.29, 0.717) is 6.42 Å².